The molecule has 3 aromatic rings. The fraction of sp³-hybridized carbons (Fsp3) is 0.333. The van der Waals surface area contributed by atoms with Crippen molar-refractivity contribution in [2.45, 2.75) is 20.3 Å². The van der Waals surface area contributed by atoms with Crippen molar-refractivity contribution in [3.8, 4) is 11.3 Å². The molecule has 0 spiro atoms. The molecular weight excluding hydrogens is 462 g/mol. The minimum absolute atomic E-state index is 0.0330. The van der Waals surface area contributed by atoms with Crippen molar-refractivity contribution in [1.82, 2.24) is 20.0 Å². The second kappa shape index (κ2) is 11.3. The van der Waals surface area contributed by atoms with Crippen LogP contribution in [-0.4, -0.2) is 71.1 Å². The van der Waals surface area contributed by atoms with Gasteiger partial charge in [0.1, 0.15) is 6.54 Å². The number of anilines is 1. The summed E-state index contributed by atoms with van der Waals surface area (Å²) >= 11 is 6.28. The maximum absolute atomic E-state index is 13.1. The first-order chi connectivity index (χ1) is 17.0. The predicted octanol–water partition coefficient (Wildman–Crippen LogP) is 4.31. The van der Waals surface area contributed by atoms with Crippen LogP contribution in [0.5, 0.6) is 0 Å². The second-order valence-corrected chi connectivity index (χ2v) is 9.07. The Morgan fingerprint density at radius 2 is 1.71 bits per heavy atom. The third kappa shape index (κ3) is 5.98. The van der Waals surface area contributed by atoms with Gasteiger partial charge in [-0.1, -0.05) is 47.5 Å². The van der Waals surface area contributed by atoms with Crippen molar-refractivity contribution in [3.63, 3.8) is 0 Å². The lowest BCUT2D eigenvalue weighted by Gasteiger charge is -2.26. The van der Waals surface area contributed by atoms with E-state index in [-0.39, 0.29) is 18.4 Å². The van der Waals surface area contributed by atoms with E-state index in [2.05, 4.69) is 15.1 Å². The highest BCUT2D eigenvalue weighted by Crippen LogP contribution is 2.26. The summed E-state index contributed by atoms with van der Waals surface area (Å²) in [7, 11) is 0. The van der Waals surface area contributed by atoms with Crippen molar-refractivity contribution < 1.29 is 9.59 Å². The van der Waals surface area contributed by atoms with Gasteiger partial charge in [0.25, 0.3) is 5.91 Å². The van der Waals surface area contributed by atoms with Gasteiger partial charge in [0, 0.05) is 43.9 Å². The Hall–Kier alpha value is -3.45. The van der Waals surface area contributed by atoms with Crippen LogP contribution in [0.15, 0.2) is 60.7 Å². The molecule has 8 heteroatoms. The van der Waals surface area contributed by atoms with E-state index >= 15 is 0 Å². The molecule has 2 aromatic carbocycles. The number of hydrogen-bond donors (Lipinski definition) is 0. The van der Waals surface area contributed by atoms with Crippen molar-refractivity contribution in [2.75, 3.05) is 44.2 Å². The van der Waals surface area contributed by atoms with Gasteiger partial charge in [0.15, 0.2) is 5.82 Å². The minimum Gasteiger partial charge on any atom is -0.353 e. The average molecular weight is 492 g/mol. The molecule has 182 valence electrons. The van der Waals surface area contributed by atoms with Crippen LogP contribution in [-0.2, 0) is 4.79 Å². The molecule has 2 amide bonds. The molecule has 1 fully saturated rings. The van der Waals surface area contributed by atoms with Gasteiger partial charge >= 0.3 is 0 Å². The van der Waals surface area contributed by atoms with E-state index in [4.69, 9.17) is 11.6 Å². The fourth-order valence-corrected chi connectivity index (χ4v) is 4.40. The Morgan fingerprint density at radius 3 is 2.40 bits per heavy atom. The summed E-state index contributed by atoms with van der Waals surface area (Å²) in [5, 5.41) is 9.43. The number of hydrogen-bond acceptors (Lipinski definition) is 5. The highest BCUT2D eigenvalue weighted by Gasteiger charge is 2.24. The van der Waals surface area contributed by atoms with Gasteiger partial charge in [-0.05, 0) is 50.6 Å². The Kier molecular flexibility index (Phi) is 7.98. The summed E-state index contributed by atoms with van der Waals surface area (Å²) in [6.45, 7) is 7.10. The van der Waals surface area contributed by atoms with Crippen LogP contribution in [0.2, 0.25) is 5.02 Å². The number of aryl methyl sites for hydroxylation is 1. The number of nitrogens with zero attached hydrogens (tertiary/aromatic N) is 5. The summed E-state index contributed by atoms with van der Waals surface area (Å²) in [5.41, 5.74) is 3.27. The van der Waals surface area contributed by atoms with E-state index in [1.165, 1.54) is 0 Å². The van der Waals surface area contributed by atoms with Crippen molar-refractivity contribution in [2.24, 2.45) is 0 Å². The Bertz CT molecular complexity index is 1170. The molecule has 1 saturated heterocycles. The zero-order valence-electron chi connectivity index (χ0n) is 20.2. The number of carbonyl (C=O) groups is 2. The van der Waals surface area contributed by atoms with Gasteiger partial charge in [-0.3, -0.25) is 9.59 Å². The molecule has 1 aliphatic rings. The first-order valence-electron chi connectivity index (χ1n) is 11.9. The number of likely N-dealkylation sites (N-methyl/N-ethyl adjacent to an activating group) is 1. The largest absolute Gasteiger partial charge is 0.353 e. The van der Waals surface area contributed by atoms with Crippen molar-refractivity contribution in [1.29, 1.82) is 0 Å². The average Bonchev–Trinajstić information content (AvgIpc) is 3.14. The van der Waals surface area contributed by atoms with Gasteiger partial charge in [0.2, 0.25) is 5.91 Å². The third-order valence-corrected chi connectivity index (χ3v) is 6.60. The number of carbonyl (C=O) groups excluding carboxylic acids is 2. The Morgan fingerprint density at radius 1 is 0.943 bits per heavy atom. The van der Waals surface area contributed by atoms with E-state index < -0.39 is 0 Å². The molecule has 0 atom stereocenters. The number of rotatable bonds is 6. The number of aromatic nitrogens is 2. The Balaban J connectivity index is 1.36. The molecule has 2 heterocycles. The van der Waals surface area contributed by atoms with Crippen molar-refractivity contribution >= 4 is 29.2 Å². The number of benzene rings is 2. The van der Waals surface area contributed by atoms with Crippen LogP contribution in [0.25, 0.3) is 11.3 Å². The zero-order valence-corrected chi connectivity index (χ0v) is 20.9. The molecule has 1 aliphatic heterocycles. The summed E-state index contributed by atoms with van der Waals surface area (Å²) in [6, 6.07) is 18.9. The molecule has 35 heavy (non-hydrogen) atoms. The van der Waals surface area contributed by atoms with Crippen molar-refractivity contribution in [3.05, 3.63) is 76.8 Å². The van der Waals surface area contributed by atoms with E-state index in [0.717, 1.165) is 35.6 Å². The normalized spacial score (nSPS) is 13.9. The quantitative estimate of drug-likeness (QED) is 0.514. The minimum atomic E-state index is -0.119. The molecule has 0 radical (unpaired) electrons. The molecule has 0 saturated carbocycles. The van der Waals surface area contributed by atoms with Gasteiger partial charge in [-0.15, -0.1) is 10.2 Å². The van der Waals surface area contributed by atoms with Crippen LogP contribution in [0, 0.1) is 6.92 Å². The molecule has 0 aliphatic carbocycles. The Labute approximate surface area is 211 Å². The summed E-state index contributed by atoms with van der Waals surface area (Å²) in [4.78, 5) is 31.5. The molecule has 1 aromatic heterocycles. The standard InChI is InChI=1S/C27H30ClN5O2/c1-3-31(27(35)21-11-9-20(2)10-12-21)19-26(34)33-16-6-15-32(17-18-33)25-14-13-24(29-30-25)22-7-4-5-8-23(22)28/h4-5,7-14H,3,6,15-19H2,1-2H3. The third-order valence-electron chi connectivity index (χ3n) is 6.27. The maximum atomic E-state index is 13.1. The lowest BCUT2D eigenvalue weighted by molar-refractivity contribution is -0.131. The van der Waals surface area contributed by atoms with Crippen LogP contribution < -0.4 is 4.90 Å². The molecule has 0 unspecified atom stereocenters. The SMILES string of the molecule is CCN(CC(=O)N1CCCN(c2ccc(-c3ccccc3Cl)nn2)CC1)C(=O)c1ccc(C)cc1. The molecule has 7 nitrogen and oxygen atoms in total. The fourth-order valence-electron chi connectivity index (χ4n) is 4.17. The lowest BCUT2D eigenvalue weighted by atomic mass is 10.1. The molecular formula is C27H30ClN5O2. The highest BCUT2D eigenvalue weighted by atomic mass is 35.5. The van der Waals surface area contributed by atoms with E-state index in [1.807, 2.05) is 79.4 Å². The number of halogens is 1. The van der Waals surface area contributed by atoms with Crippen LogP contribution in [0.1, 0.15) is 29.3 Å². The van der Waals surface area contributed by atoms with Gasteiger partial charge in [0.05, 0.1) is 10.7 Å². The van der Waals surface area contributed by atoms with Gasteiger partial charge < -0.3 is 14.7 Å². The monoisotopic (exact) mass is 491 g/mol. The van der Waals surface area contributed by atoms with Crippen LogP contribution >= 0.6 is 11.6 Å². The predicted molar refractivity (Wildman–Crippen MR) is 139 cm³/mol. The highest BCUT2D eigenvalue weighted by molar-refractivity contribution is 6.33. The summed E-state index contributed by atoms with van der Waals surface area (Å²) < 4.78 is 0. The van der Waals surface area contributed by atoms with E-state index in [9.17, 15) is 9.59 Å². The van der Waals surface area contributed by atoms with Gasteiger partial charge in [-0.2, -0.15) is 0 Å². The summed E-state index contributed by atoms with van der Waals surface area (Å²) in [6.07, 6.45) is 0.817. The smallest absolute Gasteiger partial charge is 0.254 e. The maximum Gasteiger partial charge on any atom is 0.254 e. The topological polar surface area (TPSA) is 69.6 Å². The summed E-state index contributed by atoms with van der Waals surface area (Å²) in [5.74, 6) is 0.625. The molecule has 0 N–H and O–H groups in total. The zero-order chi connectivity index (χ0) is 24.8. The molecule has 0 bridgehead atoms. The van der Waals surface area contributed by atoms with E-state index in [1.54, 1.807) is 4.90 Å². The van der Waals surface area contributed by atoms with Crippen LogP contribution in [0.4, 0.5) is 5.82 Å². The second-order valence-electron chi connectivity index (χ2n) is 8.66. The first kappa shape index (κ1) is 24.7. The van der Waals surface area contributed by atoms with Crippen LogP contribution in [0.3, 0.4) is 0 Å². The van der Waals surface area contributed by atoms with Gasteiger partial charge in [-0.25, -0.2) is 0 Å². The van der Waals surface area contributed by atoms with E-state index in [0.29, 0.717) is 36.8 Å². The molecule has 4 rings (SSSR count). The number of amides is 2. The lowest BCUT2D eigenvalue weighted by Crippen LogP contribution is -2.44. The first-order valence-corrected chi connectivity index (χ1v) is 12.3.